The molecule has 148 valence electrons. The molecule has 0 radical (unpaired) electrons. The second kappa shape index (κ2) is 8.36. The molecular formula is C13H12F7O5P. The molecule has 0 unspecified atom stereocenters. The first-order chi connectivity index (χ1) is 11.7. The summed E-state index contributed by atoms with van der Waals surface area (Å²) in [5.74, 6) is -2.38. The van der Waals surface area contributed by atoms with Crippen LogP contribution in [0.15, 0.2) is 18.2 Å². The first kappa shape index (κ1) is 22.4. The minimum absolute atomic E-state index is 0.0557. The molecule has 0 atom stereocenters. The van der Waals surface area contributed by atoms with E-state index in [0.717, 1.165) is 18.2 Å². The van der Waals surface area contributed by atoms with Crippen molar-refractivity contribution in [2.45, 2.75) is 19.3 Å². The summed E-state index contributed by atoms with van der Waals surface area (Å²) in [6.07, 6.45) is -11.5. The fourth-order valence-electron chi connectivity index (χ4n) is 1.47. The molecule has 0 amide bonds. The van der Waals surface area contributed by atoms with Crippen LogP contribution in [0.2, 0.25) is 0 Å². The quantitative estimate of drug-likeness (QED) is 0.288. The van der Waals surface area contributed by atoms with Crippen LogP contribution in [0.3, 0.4) is 0 Å². The molecule has 13 heteroatoms. The van der Waals surface area contributed by atoms with Gasteiger partial charge in [0.05, 0.1) is 0 Å². The van der Waals surface area contributed by atoms with Crippen LogP contribution >= 0.6 is 7.60 Å². The highest BCUT2D eigenvalue weighted by Gasteiger charge is 2.40. The molecule has 0 aliphatic rings. The van der Waals surface area contributed by atoms with Crippen LogP contribution in [0.4, 0.5) is 30.7 Å². The average molecular weight is 412 g/mol. The van der Waals surface area contributed by atoms with Gasteiger partial charge in [-0.15, -0.1) is 0 Å². The van der Waals surface area contributed by atoms with Crippen LogP contribution in [-0.4, -0.2) is 37.7 Å². The Kier molecular flexibility index (Phi) is 7.20. The van der Waals surface area contributed by atoms with Gasteiger partial charge in [-0.1, -0.05) is 0 Å². The van der Waals surface area contributed by atoms with Gasteiger partial charge in [0.2, 0.25) is 0 Å². The Morgan fingerprint density at radius 3 is 1.96 bits per heavy atom. The number of aryl methyl sites for hydroxylation is 1. The van der Waals surface area contributed by atoms with Gasteiger partial charge in [-0.3, -0.25) is 18.4 Å². The molecule has 0 aliphatic heterocycles. The minimum atomic E-state index is -5.12. The lowest BCUT2D eigenvalue weighted by Gasteiger charge is -2.19. The third-order valence-corrected chi connectivity index (χ3v) is 4.22. The van der Waals surface area contributed by atoms with Crippen LogP contribution in [0.25, 0.3) is 0 Å². The maximum absolute atomic E-state index is 13.1. The largest absolute Gasteiger partial charge is 0.426 e. The average Bonchev–Trinajstić information content (AvgIpc) is 2.46. The van der Waals surface area contributed by atoms with E-state index in [2.05, 4.69) is 13.8 Å². The molecule has 0 saturated carbocycles. The van der Waals surface area contributed by atoms with E-state index < -0.39 is 51.1 Å². The number of benzene rings is 1. The second-order valence-corrected chi connectivity index (χ2v) is 6.99. The van der Waals surface area contributed by atoms with Crippen LogP contribution in [0.1, 0.15) is 5.56 Å². The number of esters is 1. The molecule has 5 nitrogen and oxygen atoms in total. The third kappa shape index (κ3) is 8.63. The molecule has 1 rings (SSSR count). The first-order valence-corrected chi connectivity index (χ1v) is 8.40. The number of ether oxygens (including phenoxy) is 1. The highest BCUT2D eigenvalue weighted by atomic mass is 31.2. The normalized spacial score (nSPS) is 12.9. The summed E-state index contributed by atoms with van der Waals surface area (Å²) in [5.41, 5.74) is 0.0557. The van der Waals surface area contributed by atoms with E-state index in [0.29, 0.717) is 0 Å². The molecule has 0 heterocycles. The Bertz CT molecular complexity index is 664. The number of alkyl halides is 6. The maximum Gasteiger partial charge on any atom is 0.412 e. The van der Waals surface area contributed by atoms with Crippen molar-refractivity contribution in [3.63, 3.8) is 0 Å². The minimum Gasteiger partial charge on any atom is -0.426 e. The van der Waals surface area contributed by atoms with E-state index in [1.807, 2.05) is 0 Å². The van der Waals surface area contributed by atoms with Crippen LogP contribution in [0, 0.1) is 12.7 Å². The third-order valence-electron chi connectivity index (χ3n) is 2.53. The van der Waals surface area contributed by atoms with Gasteiger partial charge in [0.1, 0.15) is 17.7 Å². The van der Waals surface area contributed by atoms with Crippen molar-refractivity contribution >= 4 is 13.6 Å². The lowest BCUT2D eigenvalue weighted by Crippen LogP contribution is -2.23. The predicted molar refractivity (Wildman–Crippen MR) is 73.3 cm³/mol. The first-order valence-electron chi connectivity index (χ1n) is 6.68. The van der Waals surface area contributed by atoms with Crippen molar-refractivity contribution in [1.82, 2.24) is 0 Å². The van der Waals surface area contributed by atoms with Gasteiger partial charge < -0.3 is 4.74 Å². The van der Waals surface area contributed by atoms with Gasteiger partial charge in [-0.05, 0) is 30.7 Å². The second-order valence-electron chi connectivity index (χ2n) is 4.93. The van der Waals surface area contributed by atoms with Gasteiger partial charge in [0.25, 0.3) is 0 Å². The van der Waals surface area contributed by atoms with E-state index >= 15 is 0 Å². The van der Waals surface area contributed by atoms with Gasteiger partial charge >= 0.3 is 25.9 Å². The van der Waals surface area contributed by atoms with Gasteiger partial charge in [-0.2, -0.15) is 26.3 Å². The molecular weight excluding hydrogens is 400 g/mol. The lowest BCUT2D eigenvalue weighted by atomic mass is 10.2. The van der Waals surface area contributed by atoms with E-state index in [-0.39, 0.29) is 11.3 Å². The van der Waals surface area contributed by atoms with Crippen molar-refractivity contribution in [2.24, 2.45) is 0 Å². The zero-order chi connectivity index (χ0) is 20.2. The zero-order valence-corrected chi connectivity index (χ0v) is 13.9. The molecule has 0 N–H and O–H groups in total. The fourth-order valence-corrected chi connectivity index (χ4v) is 2.80. The van der Waals surface area contributed by atoms with E-state index in [1.54, 1.807) is 0 Å². The number of carbonyl (C=O) groups is 1. The Labute approximate surface area is 142 Å². The molecule has 1 aromatic rings. The fraction of sp³-hybridized carbons (Fsp3) is 0.462. The van der Waals surface area contributed by atoms with Gasteiger partial charge in [0, 0.05) is 0 Å². The predicted octanol–water partition coefficient (Wildman–Crippen LogP) is 4.39. The Morgan fingerprint density at radius 1 is 1.04 bits per heavy atom. The van der Waals surface area contributed by atoms with Gasteiger partial charge in [-0.25, -0.2) is 4.39 Å². The Hall–Kier alpha value is -1.65. The van der Waals surface area contributed by atoms with Crippen LogP contribution < -0.4 is 4.74 Å². The lowest BCUT2D eigenvalue weighted by molar-refractivity contribution is -0.166. The molecule has 26 heavy (non-hydrogen) atoms. The van der Waals surface area contributed by atoms with Crippen LogP contribution in [0.5, 0.6) is 5.75 Å². The maximum atomic E-state index is 13.1. The monoisotopic (exact) mass is 412 g/mol. The number of rotatable bonds is 7. The molecule has 0 aliphatic carbocycles. The van der Waals surface area contributed by atoms with Crippen molar-refractivity contribution in [3.05, 3.63) is 29.6 Å². The Morgan fingerprint density at radius 2 is 1.54 bits per heavy atom. The molecule has 0 spiro atoms. The van der Waals surface area contributed by atoms with Crippen molar-refractivity contribution in [3.8, 4) is 5.75 Å². The van der Waals surface area contributed by atoms with E-state index in [1.165, 1.54) is 6.92 Å². The number of carbonyl (C=O) groups excluding carboxylic acids is 1. The molecule has 0 bridgehead atoms. The summed E-state index contributed by atoms with van der Waals surface area (Å²) in [6.45, 7) is -3.06. The summed E-state index contributed by atoms with van der Waals surface area (Å²) >= 11 is 0. The highest BCUT2D eigenvalue weighted by molar-refractivity contribution is 7.54. The van der Waals surface area contributed by atoms with E-state index in [9.17, 15) is 40.1 Å². The van der Waals surface area contributed by atoms with Crippen molar-refractivity contribution in [1.29, 1.82) is 0 Å². The standard InChI is InChI=1S/C13H12F7O5P/c1-8-4-9(2-3-10(8)14)25-11(21)5-26(22,23-6-12(15,16)17)24-7-13(18,19)20/h2-4H,5-7H2,1H3. The molecule has 0 aromatic heterocycles. The summed E-state index contributed by atoms with van der Waals surface area (Å²) < 4.78 is 110. The Balaban J connectivity index is 2.83. The molecule has 1 aromatic carbocycles. The van der Waals surface area contributed by atoms with Crippen LogP contribution in [-0.2, 0) is 18.4 Å². The molecule has 0 saturated heterocycles. The number of halogens is 7. The summed E-state index contributed by atoms with van der Waals surface area (Å²) in [5, 5.41) is 0. The highest BCUT2D eigenvalue weighted by Crippen LogP contribution is 2.50. The summed E-state index contributed by atoms with van der Waals surface area (Å²) in [6, 6.07) is 2.95. The van der Waals surface area contributed by atoms with E-state index in [4.69, 9.17) is 0 Å². The number of hydrogen-bond acceptors (Lipinski definition) is 5. The summed E-state index contributed by atoms with van der Waals surface area (Å²) in [4.78, 5) is 11.7. The summed E-state index contributed by atoms with van der Waals surface area (Å²) in [7, 11) is -5.12. The topological polar surface area (TPSA) is 61.8 Å². The van der Waals surface area contributed by atoms with Gasteiger partial charge in [0.15, 0.2) is 13.2 Å². The zero-order valence-electron chi connectivity index (χ0n) is 13.0. The smallest absolute Gasteiger partial charge is 0.412 e. The number of hydrogen-bond donors (Lipinski definition) is 0. The SMILES string of the molecule is Cc1cc(OC(=O)CP(=O)(OCC(F)(F)F)OCC(F)(F)F)ccc1F. The molecule has 0 fully saturated rings. The van der Waals surface area contributed by atoms with Crippen molar-refractivity contribution < 1.29 is 53.9 Å². The van der Waals surface area contributed by atoms with Crippen molar-refractivity contribution in [2.75, 3.05) is 19.4 Å².